The monoisotopic (exact) mass is 283 g/mol. The number of fused-ring (bicyclic) bond motifs is 1. The summed E-state index contributed by atoms with van der Waals surface area (Å²) in [5.41, 5.74) is 6.20. The second-order valence-corrected chi connectivity index (χ2v) is 6.09. The third-order valence-electron chi connectivity index (χ3n) is 4.50. The third kappa shape index (κ3) is 2.05. The Balaban J connectivity index is 1.84. The van der Waals surface area contributed by atoms with E-state index in [2.05, 4.69) is 42.0 Å². The Morgan fingerprint density at radius 2 is 2.24 bits per heavy atom. The van der Waals surface area contributed by atoms with Gasteiger partial charge >= 0.3 is 0 Å². The summed E-state index contributed by atoms with van der Waals surface area (Å²) >= 11 is 0. The summed E-state index contributed by atoms with van der Waals surface area (Å²) in [6.07, 6.45) is 3.47. The minimum Gasteiger partial charge on any atom is -0.372 e. The van der Waals surface area contributed by atoms with Gasteiger partial charge in [-0.1, -0.05) is 17.7 Å². The molecule has 0 amide bonds. The van der Waals surface area contributed by atoms with Gasteiger partial charge in [0, 0.05) is 18.7 Å². The van der Waals surface area contributed by atoms with Crippen molar-refractivity contribution in [1.29, 1.82) is 0 Å². The molecule has 1 aromatic carbocycles. The molecule has 1 unspecified atom stereocenters. The van der Waals surface area contributed by atoms with Crippen molar-refractivity contribution in [3.05, 3.63) is 40.6 Å². The highest BCUT2D eigenvalue weighted by atomic mass is 16.5. The van der Waals surface area contributed by atoms with E-state index in [0.29, 0.717) is 0 Å². The first kappa shape index (κ1) is 12.9. The van der Waals surface area contributed by atoms with E-state index >= 15 is 0 Å². The predicted molar refractivity (Wildman–Crippen MR) is 83.2 cm³/mol. The molecule has 4 rings (SSSR count). The number of aromatic nitrogens is 2. The highest BCUT2D eigenvalue weighted by Crippen LogP contribution is 2.37. The van der Waals surface area contributed by atoms with Crippen LogP contribution in [0.4, 0.5) is 5.82 Å². The topological polar surface area (TPSA) is 39.1 Å². The van der Waals surface area contributed by atoms with E-state index < -0.39 is 0 Å². The summed E-state index contributed by atoms with van der Waals surface area (Å²) < 4.78 is 7.94. The lowest BCUT2D eigenvalue weighted by molar-refractivity contribution is 0.107. The maximum absolute atomic E-state index is 5.86. The van der Waals surface area contributed by atoms with Gasteiger partial charge in [-0.15, -0.1) is 0 Å². The highest BCUT2D eigenvalue weighted by molar-refractivity contribution is 5.59. The number of ether oxygens (including phenoxy) is 1. The number of rotatable bonds is 2. The molecule has 4 heteroatoms. The second-order valence-electron chi connectivity index (χ2n) is 6.09. The van der Waals surface area contributed by atoms with Crippen molar-refractivity contribution < 1.29 is 4.74 Å². The Morgan fingerprint density at radius 3 is 3.00 bits per heavy atom. The van der Waals surface area contributed by atoms with E-state index in [4.69, 9.17) is 9.84 Å². The molecule has 1 N–H and O–H groups in total. The first-order valence-corrected chi connectivity index (χ1v) is 7.79. The normalized spacial score (nSPS) is 20.6. The minimum atomic E-state index is 0.186. The van der Waals surface area contributed by atoms with Crippen LogP contribution in [0.15, 0.2) is 18.2 Å². The van der Waals surface area contributed by atoms with Crippen molar-refractivity contribution in [2.24, 2.45) is 0 Å². The molecule has 21 heavy (non-hydrogen) atoms. The van der Waals surface area contributed by atoms with E-state index in [0.717, 1.165) is 49.6 Å². The fraction of sp³-hybridized carbons (Fsp3) is 0.471. The summed E-state index contributed by atoms with van der Waals surface area (Å²) in [4.78, 5) is 0. The molecule has 110 valence electrons. The molecule has 3 heterocycles. The quantitative estimate of drug-likeness (QED) is 0.919. The summed E-state index contributed by atoms with van der Waals surface area (Å²) in [6.45, 7) is 6.14. The first-order valence-electron chi connectivity index (χ1n) is 7.79. The number of aryl methyl sites for hydroxylation is 2. The molecule has 4 nitrogen and oxygen atoms in total. The SMILES string of the molecule is Cc1ccc(-n2nc(C3CCCO3)c3c2NCC3)c(C)c1. The smallest absolute Gasteiger partial charge is 0.133 e. The van der Waals surface area contributed by atoms with Crippen molar-refractivity contribution in [1.82, 2.24) is 9.78 Å². The standard InChI is InChI=1S/C17H21N3O/c1-11-5-6-14(12(2)10-11)20-17-13(7-8-18-17)16(19-20)15-4-3-9-21-15/h5-6,10,15,18H,3-4,7-9H2,1-2H3. The zero-order chi connectivity index (χ0) is 14.4. The van der Waals surface area contributed by atoms with Gasteiger partial charge in [-0.05, 0) is 44.7 Å². The number of anilines is 1. The molecule has 2 aromatic rings. The van der Waals surface area contributed by atoms with Gasteiger partial charge in [0.1, 0.15) is 11.9 Å². The lowest BCUT2D eigenvalue weighted by Gasteiger charge is -2.11. The Labute approximate surface area is 125 Å². The maximum Gasteiger partial charge on any atom is 0.133 e. The number of hydrogen-bond donors (Lipinski definition) is 1. The lowest BCUT2D eigenvalue weighted by atomic mass is 10.1. The van der Waals surface area contributed by atoms with E-state index in [1.54, 1.807) is 0 Å². The van der Waals surface area contributed by atoms with Crippen LogP contribution in [0.2, 0.25) is 0 Å². The van der Waals surface area contributed by atoms with Gasteiger partial charge in [-0.25, -0.2) is 4.68 Å². The first-order chi connectivity index (χ1) is 10.2. The van der Waals surface area contributed by atoms with Gasteiger partial charge in [-0.3, -0.25) is 0 Å². The minimum absolute atomic E-state index is 0.186. The summed E-state index contributed by atoms with van der Waals surface area (Å²) in [7, 11) is 0. The van der Waals surface area contributed by atoms with Crippen LogP contribution < -0.4 is 5.32 Å². The molecular formula is C17H21N3O. The molecule has 0 radical (unpaired) electrons. The number of hydrogen-bond acceptors (Lipinski definition) is 3. The van der Waals surface area contributed by atoms with Crippen LogP contribution in [0.25, 0.3) is 5.69 Å². The molecular weight excluding hydrogens is 262 g/mol. The molecule has 0 aliphatic carbocycles. The lowest BCUT2D eigenvalue weighted by Crippen LogP contribution is -2.07. The van der Waals surface area contributed by atoms with E-state index in [1.807, 2.05) is 0 Å². The molecule has 0 spiro atoms. The average molecular weight is 283 g/mol. The van der Waals surface area contributed by atoms with Gasteiger partial charge in [-0.2, -0.15) is 5.10 Å². The van der Waals surface area contributed by atoms with Gasteiger partial charge in [0.25, 0.3) is 0 Å². The van der Waals surface area contributed by atoms with E-state index in [1.165, 1.54) is 16.7 Å². The van der Waals surface area contributed by atoms with Crippen LogP contribution in [0.5, 0.6) is 0 Å². The highest BCUT2D eigenvalue weighted by Gasteiger charge is 2.30. The molecule has 0 bridgehead atoms. The van der Waals surface area contributed by atoms with Gasteiger partial charge in [0.2, 0.25) is 0 Å². The average Bonchev–Trinajstić information content (AvgIpc) is 3.15. The molecule has 2 aliphatic rings. The second kappa shape index (κ2) is 4.88. The number of nitrogens with one attached hydrogen (secondary N) is 1. The van der Waals surface area contributed by atoms with Crippen LogP contribution in [-0.2, 0) is 11.2 Å². The zero-order valence-corrected chi connectivity index (χ0v) is 12.6. The Morgan fingerprint density at radius 1 is 1.33 bits per heavy atom. The van der Waals surface area contributed by atoms with Crippen LogP contribution in [0, 0.1) is 13.8 Å². The van der Waals surface area contributed by atoms with Gasteiger partial charge in [0.15, 0.2) is 0 Å². The fourth-order valence-electron chi connectivity index (χ4n) is 3.47. The molecule has 1 saturated heterocycles. The summed E-state index contributed by atoms with van der Waals surface area (Å²) in [5, 5.41) is 8.40. The van der Waals surface area contributed by atoms with Gasteiger partial charge in [0.05, 0.1) is 11.4 Å². The zero-order valence-electron chi connectivity index (χ0n) is 12.6. The van der Waals surface area contributed by atoms with E-state index in [-0.39, 0.29) is 6.10 Å². The fourth-order valence-corrected chi connectivity index (χ4v) is 3.47. The van der Waals surface area contributed by atoms with Crippen molar-refractivity contribution in [2.75, 3.05) is 18.5 Å². The Hall–Kier alpha value is -1.81. The summed E-state index contributed by atoms with van der Waals surface area (Å²) in [6, 6.07) is 6.53. The van der Waals surface area contributed by atoms with Crippen molar-refractivity contribution in [3.63, 3.8) is 0 Å². The van der Waals surface area contributed by atoms with Crippen molar-refractivity contribution >= 4 is 5.82 Å². The predicted octanol–water partition coefficient (Wildman–Crippen LogP) is 3.31. The third-order valence-corrected chi connectivity index (χ3v) is 4.50. The molecule has 1 atom stereocenters. The largest absolute Gasteiger partial charge is 0.372 e. The molecule has 1 aromatic heterocycles. The molecule has 0 saturated carbocycles. The Kier molecular flexibility index (Phi) is 3.00. The Bertz CT molecular complexity index is 684. The molecule has 1 fully saturated rings. The van der Waals surface area contributed by atoms with Crippen molar-refractivity contribution in [3.8, 4) is 5.69 Å². The number of benzene rings is 1. The van der Waals surface area contributed by atoms with Crippen molar-refractivity contribution in [2.45, 2.75) is 39.2 Å². The summed E-state index contributed by atoms with van der Waals surface area (Å²) in [5.74, 6) is 1.16. The van der Waals surface area contributed by atoms with Crippen LogP contribution >= 0.6 is 0 Å². The maximum atomic E-state index is 5.86. The number of nitrogens with zero attached hydrogens (tertiary/aromatic N) is 2. The molecule has 2 aliphatic heterocycles. The van der Waals surface area contributed by atoms with E-state index in [9.17, 15) is 0 Å². The van der Waals surface area contributed by atoms with Crippen LogP contribution in [0.1, 0.15) is 41.3 Å². The van der Waals surface area contributed by atoms with Crippen LogP contribution in [0.3, 0.4) is 0 Å². The van der Waals surface area contributed by atoms with Crippen LogP contribution in [-0.4, -0.2) is 22.9 Å². The van der Waals surface area contributed by atoms with Gasteiger partial charge < -0.3 is 10.1 Å².